The first-order valence-electron chi connectivity index (χ1n) is 6.03. The fourth-order valence-corrected chi connectivity index (χ4v) is 2.04. The number of hydroxylamine groups is 3. The lowest BCUT2D eigenvalue weighted by molar-refractivity contribution is -0.828. The molecule has 0 unspecified atom stereocenters. The molecule has 0 aromatic heterocycles. The van der Waals surface area contributed by atoms with Gasteiger partial charge in [0.25, 0.3) is 0 Å². The third-order valence-electron chi connectivity index (χ3n) is 1.73. The maximum absolute atomic E-state index is 11.3. The lowest BCUT2D eigenvalue weighted by Gasteiger charge is -2.34. The maximum Gasteiger partial charge on any atom is 0.384 e. The highest BCUT2D eigenvalue weighted by Crippen LogP contribution is 2.47. The van der Waals surface area contributed by atoms with E-state index in [9.17, 15) is 14.3 Å². The van der Waals surface area contributed by atoms with Crippen molar-refractivity contribution in [3.8, 4) is 0 Å². The van der Waals surface area contributed by atoms with Crippen LogP contribution in [0.2, 0.25) is 0 Å². The summed E-state index contributed by atoms with van der Waals surface area (Å²) in [5, 5.41) is 13.8. The highest BCUT2D eigenvalue weighted by atomic mass is 128. The van der Waals surface area contributed by atoms with Crippen molar-refractivity contribution >= 4 is 52.4 Å². The largest absolute Gasteiger partial charge is 0.633 e. The van der Waals surface area contributed by atoms with Crippen LogP contribution in [-0.4, -0.2) is 74.2 Å². The number of hydrogen-bond donors (Lipinski definition) is 1. The van der Waals surface area contributed by atoms with E-state index in [0.717, 1.165) is 0 Å². The summed E-state index contributed by atoms with van der Waals surface area (Å²) in [6, 6.07) is 0. The van der Waals surface area contributed by atoms with Crippen LogP contribution in [0.1, 0.15) is 14.9 Å². The molecule has 0 heterocycles. The summed E-state index contributed by atoms with van der Waals surface area (Å²) in [5.74, 6) is 0. The Balaban J connectivity index is -0.0000000561. The smallest absolute Gasteiger partial charge is 0.384 e. The highest BCUT2D eigenvalue weighted by molar-refractivity contribution is 15.0. The second-order valence-corrected chi connectivity index (χ2v) is 8.84. The van der Waals surface area contributed by atoms with Crippen molar-refractivity contribution in [2.75, 3.05) is 69.6 Å². The first-order valence-corrected chi connectivity index (χ1v) is 16.0. The molecule has 162 valence electrons. The summed E-state index contributed by atoms with van der Waals surface area (Å²) in [6.45, 7) is 1.41. The van der Waals surface area contributed by atoms with E-state index in [-0.39, 0.29) is 21.1 Å². The lowest BCUT2D eigenvalue weighted by atomic mass is 10.9. The van der Waals surface area contributed by atoms with Gasteiger partial charge in [0, 0.05) is 72.3 Å². The molecule has 0 aromatic rings. The molecule has 25 heavy (non-hydrogen) atoms. The molecule has 0 saturated heterocycles. The van der Waals surface area contributed by atoms with Gasteiger partial charge in [-0.25, -0.2) is 0 Å². The molecular weight excluding hydrogens is 600 g/mol. The van der Waals surface area contributed by atoms with Gasteiger partial charge in [0.05, 0.1) is 14.1 Å². The van der Waals surface area contributed by atoms with Crippen molar-refractivity contribution in [2.24, 2.45) is 0 Å². The Hall–Kier alpha value is 1.64. The minimum absolute atomic E-state index is 0. The van der Waals surface area contributed by atoms with Gasteiger partial charge in [-0.1, -0.05) is 14.9 Å². The molecule has 9 nitrogen and oxygen atoms in total. The van der Waals surface area contributed by atoms with Gasteiger partial charge in [0.2, 0.25) is 0 Å². The molecular formula is C12H38I2N2O7P2. The molecule has 0 aliphatic rings. The van der Waals surface area contributed by atoms with E-state index >= 15 is 0 Å². The summed E-state index contributed by atoms with van der Waals surface area (Å²) < 4.78 is 39.1. The molecule has 0 aliphatic carbocycles. The number of nitrogens with one attached hydrogen (secondary N) is 1. The minimum atomic E-state index is -3.14. The van der Waals surface area contributed by atoms with E-state index in [0.29, 0.717) is 0 Å². The highest BCUT2D eigenvalue weighted by Gasteiger charge is 2.27. The topological polar surface area (TPSA) is 106 Å². The number of rotatable bonds is 6. The van der Waals surface area contributed by atoms with Gasteiger partial charge >= 0.3 is 15.2 Å². The Morgan fingerprint density at radius 3 is 1.20 bits per heavy atom. The van der Waals surface area contributed by atoms with E-state index in [1.165, 1.54) is 49.2 Å². The molecule has 0 rings (SSSR count). The minimum Gasteiger partial charge on any atom is -0.633 e. The molecule has 0 radical (unpaired) electrons. The van der Waals surface area contributed by atoms with Crippen LogP contribution in [0, 0.1) is 5.21 Å². The van der Waals surface area contributed by atoms with Crippen molar-refractivity contribution < 1.29 is 31.9 Å². The van der Waals surface area contributed by atoms with Gasteiger partial charge in [-0.2, -0.15) is 0 Å². The lowest BCUT2D eigenvalue weighted by Crippen LogP contribution is -2.33. The molecule has 13 heteroatoms. The average molecular weight is 638 g/mol. The number of hydrogen-bond acceptors (Lipinski definition) is 8. The standard InChI is InChI=1S/C5H14NO4P.C3H9O3P.C2H7N.2CH4.I2/c1-6(2,7)5-11(8,9-3)10-4;1-5-7(3,4)6-2;1-3-2;;;1-2/h5H2,1-4H3;1-3H3;3H,1-2H3;2*1H4;. The van der Waals surface area contributed by atoms with Crippen molar-refractivity contribution in [3.05, 3.63) is 5.21 Å². The van der Waals surface area contributed by atoms with Crippen LogP contribution in [0.3, 0.4) is 0 Å². The Morgan fingerprint density at radius 2 is 1.16 bits per heavy atom. The fraction of sp³-hybridized carbons (Fsp3) is 1.00. The first-order chi connectivity index (χ1) is 10.4. The quantitative estimate of drug-likeness (QED) is 0.188. The van der Waals surface area contributed by atoms with Crippen molar-refractivity contribution in [2.45, 2.75) is 14.9 Å². The molecule has 0 amide bonds. The second-order valence-electron chi connectivity index (χ2n) is 4.33. The van der Waals surface area contributed by atoms with E-state index in [1.54, 1.807) is 0 Å². The van der Waals surface area contributed by atoms with Crippen LogP contribution in [0.4, 0.5) is 0 Å². The summed E-state index contributed by atoms with van der Waals surface area (Å²) in [4.78, 5) is 0. The van der Waals surface area contributed by atoms with Gasteiger partial charge in [-0.3, -0.25) is 9.13 Å². The van der Waals surface area contributed by atoms with Gasteiger partial charge in [-0.05, 0) is 14.1 Å². The van der Waals surface area contributed by atoms with Crippen LogP contribution >= 0.6 is 52.4 Å². The van der Waals surface area contributed by atoms with Crippen LogP contribution in [0.5, 0.6) is 0 Å². The molecule has 0 spiro atoms. The Bertz CT molecular complexity index is 330. The third kappa shape index (κ3) is 37.1. The van der Waals surface area contributed by atoms with Gasteiger partial charge < -0.3 is 33.3 Å². The molecule has 0 aliphatic heterocycles. The van der Waals surface area contributed by atoms with Crippen molar-refractivity contribution in [3.63, 3.8) is 0 Å². The zero-order valence-corrected chi connectivity index (χ0v) is 21.3. The summed E-state index contributed by atoms with van der Waals surface area (Å²) in [7, 11) is 5.94. The van der Waals surface area contributed by atoms with Crippen LogP contribution < -0.4 is 5.32 Å². The zero-order valence-electron chi connectivity index (χ0n) is 15.2. The predicted octanol–water partition coefficient (Wildman–Crippen LogP) is 4.99. The molecule has 0 atom stereocenters. The third-order valence-corrected chi connectivity index (χ3v) is 5.20. The average Bonchev–Trinajstić information content (AvgIpc) is 2.49. The fourth-order valence-electron chi connectivity index (χ4n) is 0.682. The predicted molar refractivity (Wildman–Crippen MR) is 126 cm³/mol. The van der Waals surface area contributed by atoms with Gasteiger partial charge in [0.15, 0.2) is 6.29 Å². The normalized spacial score (nSPS) is 10.2. The van der Waals surface area contributed by atoms with E-state index in [4.69, 9.17) is 0 Å². The Morgan fingerprint density at radius 1 is 0.920 bits per heavy atom. The Kier molecular flexibility index (Phi) is 38.9. The van der Waals surface area contributed by atoms with Gasteiger partial charge in [0.1, 0.15) is 0 Å². The summed E-state index contributed by atoms with van der Waals surface area (Å²) >= 11 is 4.24. The van der Waals surface area contributed by atoms with Crippen LogP contribution in [0.25, 0.3) is 0 Å². The van der Waals surface area contributed by atoms with E-state index in [1.807, 2.05) is 14.1 Å². The van der Waals surface area contributed by atoms with E-state index in [2.05, 4.69) is 60.6 Å². The zero-order chi connectivity index (χ0) is 19.7. The van der Waals surface area contributed by atoms with E-state index < -0.39 is 19.8 Å². The maximum atomic E-state index is 11.3. The van der Waals surface area contributed by atoms with Crippen molar-refractivity contribution in [1.82, 2.24) is 5.32 Å². The van der Waals surface area contributed by atoms with Crippen LogP contribution in [-0.2, 0) is 27.2 Å². The van der Waals surface area contributed by atoms with Crippen LogP contribution in [0.15, 0.2) is 0 Å². The number of halogens is 2. The van der Waals surface area contributed by atoms with Crippen molar-refractivity contribution in [1.29, 1.82) is 0 Å². The summed E-state index contributed by atoms with van der Waals surface area (Å²) in [5.41, 5.74) is 0. The monoisotopic (exact) mass is 638 g/mol. The first kappa shape index (κ1) is 41.1. The molecule has 0 saturated carbocycles. The molecule has 0 fully saturated rings. The SMILES string of the molecule is C.C.CNC.COP(=O)(C[N+](C)(C)[O-])OC.COP(C)(=O)OC.II. The summed E-state index contributed by atoms with van der Waals surface area (Å²) in [6.07, 6.45) is -0.167. The van der Waals surface area contributed by atoms with Gasteiger partial charge in [-0.15, -0.1) is 0 Å². The Labute approximate surface area is 178 Å². The molecule has 0 bridgehead atoms. The number of quaternary nitrogens is 1. The second kappa shape index (κ2) is 23.7. The molecule has 0 aromatic carbocycles. The molecule has 1 N–H and O–H groups in total. The number of nitrogens with zero attached hydrogens (tertiary/aromatic N) is 1.